The van der Waals surface area contributed by atoms with E-state index in [1.54, 1.807) is 12.5 Å². The summed E-state index contributed by atoms with van der Waals surface area (Å²) in [4.78, 5) is 11.7. The second-order valence-electron chi connectivity index (χ2n) is 4.28. The summed E-state index contributed by atoms with van der Waals surface area (Å²) < 4.78 is 5.04. The zero-order valence-electron chi connectivity index (χ0n) is 9.53. The molecule has 4 nitrogen and oxygen atoms in total. The van der Waals surface area contributed by atoms with Gasteiger partial charge in [0.15, 0.2) is 0 Å². The molecule has 0 aliphatic carbocycles. The van der Waals surface area contributed by atoms with Crippen molar-refractivity contribution in [3.8, 4) is 0 Å². The molecule has 0 saturated carbocycles. The molecular formula is C12H18N2O2. The highest BCUT2D eigenvalue weighted by molar-refractivity contribution is 5.81. The fraction of sp³-hybridized carbons (Fsp3) is 0.583. The summed E-state index contributed by atoms with van der Waals surface area (Å²) in [5, 5.41) is 6.26. The molecule has 1 aliphatic heterocycles. The van der Waals surface area contributed by atoms with Gasteiger partial charge in [0, 0.05) is 18.2 Å². The second kappa shape index (κ2) is 5.16. The summed E-state index contributed by atoms with van der Waals surface area (Å²) in [5.41, 5.74) is 1.08. The summed E-state index contributed by atoms with van der Waals surface area (Å²) in [6.07, 6.45) is 6.44. The van der Waals surface area contributed by atoms with Crippen molar-refractivity contribution in [1.29, 1.82) is 0 Å². The van der Waals surface area contributed by atoms with E-state index in [0.717, 1.165) is 31.4 Å². The Bertz CT molecular complexity index is 335. The SMILES string of the molecule is CC(NC1CCCCNC1=O)c1ccoc1. The van der Waals surface area contributed by atoms with Crippen LogP contribution in [0.3, 0.4) is 0 Å². The Kier molecular flexibility index (Phi) is 3.62. The van der Waals surface area contributed by atoms with Gasteiger partial charge in [0.2, 0.25) is 5.91 Å². The van der Waals surface area contributed by atoms with E-state index in [2.05, 4.69) is 10.6 Å². The van der Waals surface area contributed by atoms with Gasteiger partial charge in [-0.3, -0.25) is 10.1 Å². The minimum atomic E-state index is -0.0765. The molecule has 2 unspecified atom stereocenters. The Balaban J connectivity index is 1.94. The summed E-state index contributed by atoms with van der Waals surface area (Å²) in [6.45, 7) is 2.85. The minimum Gasteiger partial charge on any atom is -0.472 e. The van der Waals surface area contributed by atoms with Gasteiger partial charge in [-0.05, 0) is 32.3 Å². The molecule has 0 aromatic carbocycles. The molecule has 2 N–H and O–H groups in total. The van der Waals surface area contributed by atoms with Crippen molar-refractivity contribution >= 4 is 5.91 Å². The van der Waals surface area contributed by atoms with Gasteiger partial charge < -0.3 is 9.73 Å². The molecule has 1 aromatic heterocycles. The molecule has 16 heavy (non-hydrogen) atoms. The number of carbonyl (C=O) groups is 1. The highest BCUT2D eigenvalue weighted by Crippen LogP contribution is 2.15. The zero-order valence-corrected chi connectivity index (χ0v) is 9.53. The van der Waals surface area contributed by atoms with Crippen molar-refractivity contribution in [2.75, 3.05) is 6.54 Å². The average Bonchev–Trinajstić information content (AvgIpc) is 2.73. The summed E-state index contributed by atoms with van der Waals surface area (Å²) >= 11 is 0. The van der Waals surface area contributed by atoms with Crippen LogP contribution >= 0.6 is 0 Å². The monoisotopic (exact) mass is 222 g/mol. The van der Waals surface area contributed by atoms with Crippen LogP contribution in [-0.4, -0.2) is 18.5 Å². The lowest BCUT2D eigenvalue weighted by molar-refractivity contribution is -0.123. The normalized spacial score (nSPS) is 23.6. The van der Waals surface area contributed by atoms with Crippen molar-refractivity contribution in [3.05, 3.63) is 24.2 Å². The van der Waals surface area contributed by atoms with Gasteiger partial charge in [-0.1, -0.05) is 0 Å². The van der Waals surface area contributed by atoms with E-state index in [0.29, 0.717) is 0 Å². The third-order valence-electron chi connectivity index (χ3n) is 3.03. The van der Waals surface area contributed by atoms with Crippen LogP contribution in [0.1, 0.15) is 37.8 Å². The molecule has 1 saturated heterocycles. The third kappa shape index (κ3) is 2.64. The lowest BCUT2D eigenvalue weighted by atomic mass is 10.1. The molecule has 2 heterocycles. The molecule has 2 rings (SSSR count). The fourth-order valence-electron chi connectivity index (χ4n) is 2.02. The van der Waals surface area contributed by atoms with E-state index in [4.69, 9.17) is 4.42 Å². The number of rotatable bonds is 3. The van der Waals surface area contributed by atoms with E-state index in [9.17, 15) is 4.79 Å². The van der Waals surface area contributed by atoms with Crippen LogP contribution in [0.25, 0.3) is 0 Å². The maximum atomic E-state index is 11.7. The second-order valence-corrected chi connectivity index (χ2v) is 4.28. The van der Waals surface area contributed by atoms with Crippen LogP contribution < -0.4 is 10.6 Å². The van der Waals surface area contributed by atoms with Crippen LogP contribution in [0.2, 0.25) is 0 Å². The molecule has 2 atom stereocenters. The first kappa shape index (κ1) is 11.2. The van der Waals surface area contributed by atoms with Gasteiger partial charge in [0.25, 0.3) is 0 Å². The number of carbonyl (C=O) groups excluding carboxylic acids is 1. The van der Waals surface area contributed by atoms with E-state index in [-0.39, 0.29) is 18.0 Å². The molecule has 1 amide bonds. The number of hydrogen-bond acceptors (Lipinski definition) is 3. The van der Waals surface area contributed by atoms with Crippen molar-refractivity contribution < 1.29 is 9.21 Å². The molecule has 0 radical (unpaired) electrons. The first-order valence-corrected chi connectivity index (χ1v) is 5.83. The van der Waals surface area contributed by atoms with Crippen LogP contribution in [0, 0.1) is 0 Å². The molecule has 1 aromatic rings. The number of furan rings is 1. The van der Waals surface area contributed by atoms with Crippen molar-refractivity contribution in [1.82, 2.24) is 10.6 Å². The number of hydrogen-bond donors (Lipinski definition) is 2. The summed E-state index contributed by atoms with van der Waals surface area (Å²) in [7, 11) is 0. The molecule has 4 heteroatoms. The van der Waals surface area contributed by atoms with Crippen molar-refractivity contribution in [2.45, 2.75) is 38.3 Å². The van der Waals surface area contributed by atoms with Crippen molar-refractivity contribution in [2.24, 2.45) is 0 Å². The zero-order chi connectivity index (χ0) is 11.4. The molecular weight excluding hydrogens is 204 g/mol. The fourth-order valence-corrected chi connectivity index (χ4v) is 2.02. The van der Waals surface area contributed by atoms with Gasteiger partial charge >= 0.3 is 0 Å². The Morgan fingerprint density at radius 3 is 3.19 bits per heavy atom. The Morgan fingerprint density at radius 1 is 1.56 bits per heavy atom. The van der Waals surface area contributed by atoms with Crippen molar-refractivity contribution in [3.63, 3.8) is 0 Å². The first-order valence-electron chi connectivity index (χ1n) is 5.83. The van der Waals surface area contributed by atoms with Crippen LogP contribution in [-0.2, 0) is 4.79 Å². The highest BCUT2D eigenvalue weighted by Gasteiger charge is 2.22. The molecule has 0 spiro atoms. The molecule has 88 valence electrons. The van der Waals surface area contributed by atoms with Crippen LogP contribution in [0.5, 0.6) is 0 Å². The number of amides is 1. The lowest BCUT2D eigenvalue weighted by Crippen LogP contribution is -2.43. The maximum absolute atomic E-state index is 11.7. The minimum absolute atomic E-state index is 0.0765. The van der Waals surface area contributed by atoms with Crippen LogP contribution in [0.4, 0.5) is 0 Å². The predicted molar refractivity (Wildman–Crippen MR) is 60.9 cm³/mol. The molecule has 0 bridgehead atoms. The van der Waals surface area contributed by atoms with Crippen LogP contribution in [0.15, 0.2) is 23.0 Å². The summed E-state index contributed by atoms with van der Waals surface area (Å²) in [6, 6.07) is 1.99. The Hall–Kier alpha value is -1.29. The Labute approximate surface area is 95.4 Å². The standard InChI is InChI=1S/C12H18N2O2/c1-9(10-5-7-16-8-10)14-11-4-2-3-6-13-12(11)15/h5,7-9,11,14H,2-4,6H2,1H3,(H,13,15). The van der Waals surface area contributed by atoms with Gasteiger partial charge in [-0.15, -0.1) is 0 Å². The van der Waals surface area contributed by atoms with E-state index in [1.165, 1.54) is 0 Å². The number of nitrogens with one attached hydrogen (secondary N) is 2. The van der Waals surface area contributed by atoms with Gasteiger partial charge in [0.05, 0.1) is 18.6 Å². The van der Waals surface area contributed by atoms with Gasteiger partial charge in [0.1, 0.15) is 0 Å². The third-order valence-corrected chi connectivity index (χ3v) is 3.03. The lowest BCUT2D eigenvalue weighted by Gasteiger charge is -2.19. The maximum Gasteiger partial charge on any atom is 0.237 e. The first-order chi connectivity index (χ1) is 7.77. The molecule has 1 aliphatic rings. The average molecular weight is 222 g/mol. The van der Waals surface area contributed by atoms with Gasteiger partial charge in [-0.2, -0.15) is 0 Å². The quantitative estimate of drug-likeness (QED) is 0.816. The predicted octanol–water partition coefficient (Wildman–Crippen LogP) is 1.60. The van der Waals surface area contributed by atoms with E-state index >= 15 is 0 Å². The highest BCUT2D eigenvalue weighted by atomic mass is 16.3. The topological polar surface area (TPSA) is 54.3 Å². The summed E-state index contributed by atoms with van der Waals surface area (Å²) in [5.74, 6) is 0.118. The van der Waals surface area contributed by atoms with E-state index in [1.807, 2.05) is 13.0 Å². The smallest absolute Gasteiger partial charge is 0.237 e. The largest absolute Gasteiger partial charge is 0.472 e. The Morgan fingerprint density at radius 2 is 2.44 bits per heavy atom. The van der Waals surface area contributed by atoms with Gasteiger partial charge in [-0.25, -0.2) is 0 Å². The molecule has 1 fully saturated rings. The van der Waals surface area contributed by atoms with E-state index < -0.39 is 0 Å².